The average Bonchev–Trinajstić information content (AvgIpc) is 2.48. The molecule has 1 heterocycles. The zero-order valence-corrected chi connectivity index (χ0v) is 11.4. The summed E-state index contributed by atoms with van der Waals surface area (Å²) in [4.78, 5) is 0. The third kappa shape index (κ3) is 1.93. The van der Waals surface area contributed by atoms with Crippen LogP contribution < -0.4 is 2.37 Å². The Bertz CT molecular complexity index is 443. The van der Waals surface area contributed by atoms with Crippen LogP contribution in [0.2, 0.25) is 0 Å². The average molecular weight is 269 g/mol. The predicted molar refractivity (Wildman–Crippen MR) is 59.0 cm³/mol. The van der Waals surface area contributed by atoms with Gasteiger partial charge in [0.1, 0.15) is 0 Å². The molecule has 0 nitrogen and oxygen atoms in total. The minimum atomic E-state index is -0.555. The van der Waals surface area contributed by atoms with Crippen molar-refractivity contribution in [1.82, 2.24) is 0 Å². The molecule has 1 aliphatic heterocycles. The Kier molecular flexibility index (Phi) is 2.72. The van der Waals surface area contributed by atoms with Gasteiger partial charge in [0.05, 0.1) is 0 Å². The third-order valence-corrected chi connectivity index (χ3v) is 7.14. The van der Waals surface area contributed by atoms with E-state index < -0.39 is 29.2 Å². The van der Waals surface area contributed by atoms with Crippen LogP contribution >= 0.6 is 0 Å². The molecule has 0 aliphatic carbocycles. The maximum absolute atomic E-state index is 2.35. The molecule has 3 rings (SSSR count). The van der Waals surface area contributed by atoms with Crippen molar-refractivity contribution in [2.75, 3.05) is 0 Å². The molecule has 1 aliphatic rings. The van der Waals surface area contributed by atoms with Gasteiger partial charge in [0.25, 0.3) is 0 Å². The van der Waals surface area contributed by atoms with Crippen LogP contribution in [0.25, 0.3) is 0 Å². The van der Waals surface area contributed by atoms with Crippen LogP contribution in [0.4, 0.5) is 0 Å². The van der Waals surface area contributed by atoms with Crippen molar-refractivity contribution < 1.29 is 29.2 Å². The third-order valence-electron chi connectivity index (χ3n) is 3.10. The number of fused-ring (bicyclic) bond motifs is 2. The van der Waals surface area contributed by atoms with Gasteiger partial charge in [0.15, 0.2) is 0 Å². The number of rotatable bonds is 0. The number of benzene rings is 2. The molecule has 0 spiro atoms. The fourth-order valence-electron chi connectivity index (χ4n) is 2.25. The van der Waals surface area contributed by atoms with Gasteiger partial charge in [-0.1, -0.05) is 0 Å². The van der Waals surface area contributed by atoms with E-state index in [0.717, 1.165) is 6.42 Å². The summed E-state index contributed by atoms with van der Waals surface area (Å²) in [6.07, 6.45) is 1.15. The molecule has 0 saturated carbocycles. The van der Waals surface area contributed by atoms with E-state index in [2.05, 4.69) is 48.5 Å². The van der Waals surface area contributed by atoms with Crippen molar-refractivity contribution >= 4 is 2.37 Å². The first-order chi connectivity index (χ1) is 7.43. The van der Waals surface area contributed by atoms with Crippen molar-refractivity contribution in [2.45, 2.75) is 9.65 Å². The molecule has 2 aromatic rings. The normalized spacial score (nSPS) is 12.8. The van der Waals surface area contributed by atoms with Gasteiger partial charge in [-0.2, -0.15) is 0 Å². The Labute approximate surface area is 106 Å². The second kappa shape index (κ2) is 4.19. The molecular weight excluding hydrogens is 257 g/mol. The Morgan fingerprint density at radius 1 is 0.733 bits per heavy atom. The van der Waals surface area contributed by atoms with E-state index >= 15 is 0 Å². The fourth-order valence-corrected chi connectivity index (χ4v) is 6.05. The molecule has 0 N–H and O–H groups in total. The Morgan fingerprint density at radius 3 is 2.27 bits per heavy atom. The first-order valence-electron chi connectivity index (χ1n) is 5.41. The Balaban J connectivity index is 2.10. The molecule has 0 aromatic heterocycles. The summed E-state index contributed by atoms with van der Waals surface area (Å²) in [5.41, 5.74) is 4.74. The minimum absolute atomic E-state index is 0.555. The molecule has 0 saturated heterocycles. The van der Waals surface area contributed by atoms with E-state index in [1.165, 1.54) is 3.23 Å². The zero-order chi connectivity index (χ0) is 10.1. The van der Waals surface area contributed by atoms with Crippen LogP contribution in [0.5, 0.6) is 0 Å². The van der Waals surface area contributed by atoms with Crippen molar-refractivity contribution in [2.24, 2.45) is 0 Å². The maximum atomic E-state index is 2.35. The van der Waals surface area contributed by atoms with Crippen molar-refractivity contribution in [3.8, 4) is 0 Å². The summed E-state index contributed by atoms with van der Waals surface area (Å²) < 4.78 is 3.09. The van der Waals surface area contributed by atoms with E-state index in [-0.39, 0.29) is 0 Å². The molecule has 71 valence electrons. The molecule has 0 fully saturated rings. The van der Waals surface area contributed by atoms with Gasteiger partial charge >= 0.3 is 106 Å². The Morgan fingerprint density at radius 2 is 1.40 bits per heavy atom. The number of hydrogen-bond donors (Lipinski definition) is 0. The van der Waals surface area contributed by atoms with Gasteiger partial charge in [-0.05, 0) is 0 Å². The van der Waals surface area contributed by atoms with Crippen molar-refractivity contribution in [1.29, 1.82) is 0 Å². The van der Waals surface area contributed by atoms with Gasteiger partial charge in [-0.15, -0.1) is 0 Å². The van der Waals surface area contributed by atoms with Crippen LogP contribution in [0, 0.1) is 0 Å². The van der Waals surface area contributed by atoms with Gasteiger partial charge < -0.3 is 0 Å². The molecule has 2 aromatic carbocycles. The van der Waals surface area contributed by atoms with Gasteiger partial charge in [0.2, 0.25) is 0 Å². The summed E-state index contributed by atoms with van der Waals surface area (Å²) in [6.45, 7) is 0. The monoisotopic (exact) mass is 269 g/mol. The second-order valence-corrected chi connectivity index (χ2v) is 7.59. The summed E-state index contributed by atoms with van der Waals surface area (Å²) in [5.74, 6) is 0. The molecule has 1 heteroatoms. The molecule has 0 amide bonds. The van der Waals surface area contributed by atoms with Crippen molar-refractivity contribution in [3.63, 3.8) is 0 Å². The topological polar surface area (TPSA) is 0 Å². The molecule has 0 radical (unpaired) electrons. The molecular formula is C14H12Y. The van der Waals surface area contributed by atoms with E-state index in [1.54, 1.807) is 19.1 Å². The van der Waals surface area contributed by atoms with Gasteiger partial charge in [-0.3, -0.25) is 0 Å². The standard InChI is InChI=1S/C14H12.Y/c1-12-7-5-6-10-14(12)11-13-8-3-2-4-9-13;/h2-8,10H,1,11H2;. The van der Waals surface area contributed by atoms with Crippen LogP contribution in [0.3, 0.4) is 0 Å². The molecule has 0 atom stereocenters. The number of hydrogen-bond acceptors (Lipinski definition) is 0. The van der Waals surface area contributed by atoms with E-state index in [0.29, 0.717) is 0 Å². The van der Waals surface area contributed by atoms with Gasteiger partial charge in [0, 0.05) is 0 Å². The van der Waals surface area contributed by atoms with E-state index in [1.807, 2.05) is 0 Å². The van der Waals surface area contributed by atoms with Crippen LogP contribution in [0.1, 0.15) is 16.7 Å². The van der Waals surface area contributed by atoms with Crippen LogP contribution in [0.15, 0.2) is 48.5 Å². The molecule has 15 heavy (non-hydrogen) atoms. The summed E-state index contributed by atoms with van der Waals surface area (Å²) >= 11 is -0.555. The zero-order valence-electron chi connectivity index (χ0n) is 8.61. The molecule has 0 bridgehead atoms. The first-order valence-corrected chi connectivity index (χ1v) is 8.84. The Hall–Kier alpha value is -0.456. The SMILES string of the molecule is c1ccc2c(c1)[CH2][Y][c]1ccccc1C2. The second-order valence-electron chi connectivity index (χ2n) is 4.05. The van der Waals surface area contributed by atoms with Crippen LogP contribution in [-0.4, -0.2) is 0 Å². The summed E-state index contributed by atoms with van der Waals surface area (Å²) in [6, 6.07) is 18.0. The van der Waals surface area contributed by atoms with E-state index in [4.69, 9.17) is 0 Å². The summed E-state index contributed by atoms with van der Waals surface area (Å²) in [5, 5.41) is 0. The summed E-state index contributed by atoms with van der Waals surface area (Å²) in [7, 11) is 0. The van der Waals surface area contributed by atoms with Gasteiger partial charge in [-0.25, -0.2) is 0 Å². The van der Waals surface area contributed by atoms with E-state index in [9.17, 15) is 0 Å². The van der Waals surface area contributed by atoms with Crippen LogP contribution in [-0.2, 0) is 38.9 Å². The first kappa shape index (κ1) is 9.75. The molecule has 0 unspecified atom stereocenters. The predicted octanol–water partition coefficient (Wildman–Crippen LogP) is 2.50. The van der Waals surface area contributed by atoms with Crippen molar-refractivity contribution in [3.05, 3.63) is 65.2 Å². The quantitative estimate of drug-likeness (QED) is 0.689. The fraction of sp³-hybridized carbons (Fsp3) is 0.143.